The number of carbonyl (C=O) groups is 3. The second kappa shape index (κ2) is 6.03. The van der Waals surface area contributed by atoms with Gasteiger partial charge in [-0.15, -0.1) is 0 Å². The zero-order valence-electron chi connectivity index (χ0n) is 10.3. The summed E-state index contributed by atoms with van der Waals surface area (Å²) in [6.45, 7) is 1.92. The van der Waals surface area contributed by atoms with Gasteiger partial charge in [0.15, 0.2) is 0 Å². The van der Waals surface area contributed by atoms with Crippen molar-refractivity contribution >= 4 is 17.8 Å². The number of amides is 2. The van der Waals surface area contributed by atoms with E-state index in [9.17, 15) is 27.6 Å². The van der Waals surface area contributed by atoms with Gasteiger partial charge in [0.2, 0.25) is 5.91 Å². The quantitative estimate of drug-likeness (QED) is 0.577. The summed E-state index contributed by atoms with van der Waals surface area (Å²) < 4.78 is 41.7. The standard InChI is InChI=1S/C11H14F3NO4/c1-2-3-6-19-9(17)7-4-5-8(16)15(7)10(18)11(12,13)14/h7H,2-6H2,1H3/t7-/m0/s1. The average molecular weight is 281 g/mol. The third-order valence-corrected chi connectivity index (χ3v) is 2.69. The summed E-state index contributed by atoms with van der Waals surface area (Å²) in [6, 6.07) is -1.46. The number of alkyl halides is 3. The van der Waals surface area contributed by atoms with Gasteiger partial charge in [0, 0.05) is 6.42 Å². The summed E-state index contributed by atoms with van der Waals surface area (Å²) in [5.74, 6) is -4.27. The Hall–Kier alpha value is -1.60. The molecule has 1 heterocycles. The van der Waals surface area contributed by atoms with Gasteiger partial charge in [0.25, 0.3) is 0 Å². The molecule has 0 radical (unpaired) electrons. The molecule has 0 saturated carbocycles. The van der Waals surface area contributed by atoms with Crippen LogP contribution < -0.4 is 0 Å². The van der Waals surface area contributed by atoms with Gasteiger partial charge < -0.3 is 4.74 Å². The van der Waals surface area contributed by atoms with Crippen molar-refractivity contribution in [1.82, 2.24) is 4.90 Å². The van der Waals surface area contributed by atoms with Crippen molar-refractivity contribution in [2.24, 2.45) is 0 Å². The molecule has 0 N–H and O–H groups in total. The molecule has 1 rings (SSSR count). The molecule has 8 heteroatoms. The smallest absolute Gasteiger partial charge is 0.464 e. The fourth-order valence-electron chi connectivity index (χ4n) is 1.71. The van der Waals surface area contributed by atoms with Crippen molar-refractivity contribution in [2.45, 2.75) is 44.8 Å². The fourth-order valence-corrected chi connectivity index (χ4v) is 1.71. The lowest BCUT2D eigenvalue weighted by molar-refractivity contribution is -0.190. The average Bonchev–Trinajstić information content (AvgIpc) is 2.69. The molecule has 0 spiro atoms. The highest BCUT2D eigenvalue weighted by Gasteiger charge is 2.51. The van der Waals surface area contributed by atoms with Gasteiger partial charge in [-0.25, -0.2) is 4.79 Å². The van der Waals surface area contributed by atoms with Crippen molar-refractivity contribution in [1.29, 1.82) is 0 Å². The third kappa shape index (κ3) is 3.68. The lowest BCUT2D eigenvalue weighted by Crippen LogP contribution is -2.49. The number of likely N-dealkylation sites (tertiary alicyclic amines) is 1. The van der Waals surface area contributed by atoms with Crippen molar-refractivity contribution < 1.29 is 32.3 Å². The zero-order valence-corrected chi connectivity index (χ0v) is 10.3. The summed E-state index contributed by atoms with van der Waals surface area (Å²) in [5.41, 5.74) is 0. The number of halogens is 3. The van der Waals surface area contributed by atoms with Crippen LogP contribution in [0, 0.1) is 0 Å². The maximum absolute atomic E-state index is 12.3. The fraction of sp³-hybridized carbons (Fsp3) is 0.727. The van der Waals surface area contributed by atoms with E-state index in [0.717, 1.165) is 6.42 Å². The van der Waals surface area contributed by atoms with Crippen LogP contribution in [0.5, 0.6) is 0 Å². The minimum atomic E-state index is -5.18. The highest BCUT2D eigenvalue weighted by Crippen LogP contribution is 2.27. The third-order valence-electron chi connectivity index (χ3n) is 2.69. The number of unbranched alkanes of at least 4 members (excludes halogenated alkanes) is 1. The summed E-state index contributed by atoms with van der Waals surface area (Å²) in [6.07, 6.45) is -4.26. The first-order valence-electron chi connectivity index (χ1n) is 5.89. The van der Waals surface area contributed by atoms with Gasteiger partial charge in [0.1, 0.15) is 6.04 Å². The van der Waals surface area contributed by atoms with Crippen LogP contribution in [-0.2, 0) is 19.1 Å². The van der Waals surface area contributed by atoms with E-state index in [1.165, 1.54) is 0 Å². The normalized spacial score (nSPS) is 19.7. The Morgan fingerprint density at radius 1 is 1.42 bits per heavy atom. The highest BCUT2D eigenvalue weighted by molar-refractivity contribution is 6.03. The second-order valence-corrected chi connectivity index (χ2v) is 4.14. The largest absolute Gasteiger partial charge is 0.471 e. The first kappa shape index (κ1) is 15.5. The molecule has 1 atom stereocenters. The first-order valence-corrected chi connectivity index (χ1v) is 5.89. The van der Waals surface area contributed by atoms with Gasteiger partial charge in [-0.3, -0.25) is 14.5 Å². The predicted octanol–water partition coefficient (Wildman–Crippen LogP) is 1.41. The molecule has 5 nitrogen and oxygen atoms in total. The van der Waals surface area contributed by atoms with E-state index in [1.807, 2.05) is 6.92 Å². The predicted molar refractivity (Wildman–Crippen MR) is 56.8 cm³/mol. The number of carbonyl (C=O) groups excluding carboxylic acids is 3. The lowest BCUT2D eigenvalue weighted by atomic mass is 10.2. The molecule has 1 fully saturated rings. The van der Waals surface area contributed by atoms with E-state index in [-0.39, 0.29) is 24.3 Å². The van der Waals surface area contributed by atoms with Crippen molar-refractivity contribution in [2.75, 3.05) is 6.61 Å². The molecule has 0 aromatic heterocycles. The minimum Gasteiger partial charge on any atom is -0.464 e. The molecule has 0 bridgehead atoms. The van der Waals surface area contributed by atoms with Crippen molar-refractivity contribution in [3.8, 4) is 0 Å². The molecule has 0 aromatic rings. The molecule has 1 saturated heterocycles. The number of rotatable bonds is 4. The Balaban J connectivity index is 2.74. The Morgan fingerprint density at radius 2 is 2.05 bits per heavy atom. The summed E-state index contributed by atoms with van der Waals surface area (Å²) in [4.78, 5) is 33.9. The van der Waals surface area contributed by atoms with Gasteiger partial charge in [-0.05, 0) is 12.8 Å². The Bertz CT molecular complexity index is 381. The van der Waals surface area contributed by atoms with Gasteiger partial charge >= 0.3 is 18.1 Å². The van der Waals surface area contributed by atoms with E-state index in [1.54, 1.807) is 0 Å². The number of esters is 1. The molecule has 19 heavy (non-hydrogen) atoms. The zero-order chi connectivity index (χ0) is 14.6. The molecular weight excluding hydrogens is 267 g/mol. The van der Waals surface area contributed by atoms with Gasteiger partial charge in [-0.1, -0.05) is 13.3 Å². The number of hydrogen-bond donors (Lipinski definition) is 0. The van der Waals surface area contributed by atoms with Crippen LogP contribution in [0.1, 0.15) is 32.6 Å². The van der Waals surface area contributed by atoms with E-state index >= 15 is 0 Å². The topological polar surface area (TPSA) is 63.7 Å². The van der Waals surface area contributed by atoms with Crippen LogP contribution in [0.3, 0.4) is 0 Å². The monoisotopic (exact) mass is 281 g/mol. The van der Waals surface area contributed by atoms with E-state index < -0.39 is 30.0 Å². The number of nitrogens with zero attached hydrogens (tertiary/aromatic N) is 1. The first-order chi connectivity index (χ1) is 8.79. The number of ether oxygens (including phenoxy) is 1. The van der Waals surface area contributed by atoms with Gasteiger partial charge in [0.05, 0.1) is 6.61 Å². The van der Waals surface area contributed by atoms with E-state index in [4.69, 9.17) is 4.74 Å². The van der Waals surface area contributed by atoms with Crippen LogP contribution in [0.4, 0.5) is 13.2 Å². The molecule has 0 aromatic carbocycles. The lowest BCUT2D eigenvalue weighted by Gasteiger charge is -2.22. The highest BCUT2D eigenvalue weighted by atomic mass is 19.4. The van der Waals surface area contributed by atoms with Crippen LogP contribution in [0.2, 0.25) is 0 Å². The van der Waals surface area contributed by atoms with Crippen LogP contribution in [0.15, 0.2) is 0 Å². The van der Waals surface area contributed by atoms with Crippen molar-refractivity contribution in [3.05, 3.63) is 0 Å². The molecule has 2 amide bonds. The van der Waals surface area contributed by atoms with E-state index in [2.05, 4.69) is 0 Å². The number of hydrogen-bond acceptors (Lipinski definition) is 4. The molecule has 0 unspecified atom stereocenters. The SMILES string of the molecule is CCCCOC(=O)[C@@H]1CCC(=O)N1C(=O)C(F)(F)F. The molecule has 0 aliphatic carbocycles. The Labute approximate surface area is 107 Å². The number of imide groups is 1. The Morgan fingerprint density at radius 3 is 2.58 bits per heavy atom. The van der Waals surface area contributed by atoms with Crippen LogP contribution >= 0.6 is 0 Å². The summed E-state index contributed by atoms with van der Waals surface area (Å²) in [5, 5.41) is 0. The van der Waals surface area contributed by atoms with Gasteiger partial charge in [-0.2, -0.15) is 13.2 Å². The molecule has 1 aliphatic rings. The molecule has 1 aliphatic heterocycles. The summed E-state index contributed by atoms with van der Waals surface area (Å²) in [7, 11) is 0. The van der Waals surface area contributed by atoms with Crippen molar-refractivity contribution in [3.63, 3.8) is 0 Å². The maximum atomic E-state index is 12.3. The second-order valence-electron chi connectivity index (χ2n) is 4.14. The Kier molecular flexibility index (Phi) is 4.90. The van der Waals surface area contributed by atoms with Crippen LogP contribution in [-0.4, -0.2) is 41.5 Å². The van der Waals surface area contributed by atoms with E-state index in [0.29, 0.717) is 6.42 Å². The minimum absolute atomic E-state index is 0.0335. The maximum Gasteiger partial charge on any atom is 0.471 e. The molecular formula is C11H14F3NO4. The molecule has 108 valence electrons. The summed E-state index contributed by atoms with van der Waals surface area (Å²) >= 11 is 0. The van der Waals surface area contributed by atoms with Crippen LogP contribution in [0.25, 0.3) is 0 Å².